The number of piperidine rings is 2. The molecule has 2 fully saturated rings. The molecule has 1 aromatic rings. The average molecular weight is 269 g/mol. The van der Waals surface area contributed by atoms with Crippen molar-refractivity contribution >= 4 is 0 Å². The second-order valence-electron chi connectivity index (χ2n) is 6.24. The predicted octanol–water partition coefficient (Wildman–Crippen LogP) is 2.47. The molecule has 1 aromatic carbocycles. The lowest BCUT2D eigenvalue weighted by Crippen LogP contribution is -2.52. The van der Waals surface area contributed by atoms with E-state index in [-0.39, 0.29) is 0 Å². The summed E-state index contributed by atoms with van der Waals surface area (Å²) in [6, 6.07) is 11.1. The summed E-state index contributed by atoms with van der Waals surface area (Å²) in [5.74, 6) is 0.816. The van der Waals surface area contributed by atoms with Crippen molar-refractivity contribution in [3.63, 3.8) is 0 Å². The fraction of sp³-hybridized carbons (Fsp3) is 0.588. The molecule has 2 unspecified atom stereocenters. The predicted molar refractivity (Wildman–Crippen MR) is 80.2 cm³/mol. The summed E-state index contributed by atoms with van der Waals surface area (Å²) < 4.78 is 0. The molecule has 0 N–H and O–H groups in total. The van der Waals surface area contributed by atoms with Gasteiger partial charge in [-0.15, -0.1) is 0 Å². The van der Waals surface area contributed by atoms with Crippen LogP contribution >= 0.6 is 0 Å². The molecule has 0 amide bonds. The molecule has 2 aliphatic rings. The maximum atomic E-state index is 9.19. The Morgan fingerprint density at radius 3 is 2.95 bits per heavy atom. The number of hydrogen-bond donors (Lipinski definition) is 0. The molecule has 2 aliphatic heterocycles. The zero-order valence-corrected chi connectivity index (χ0v) is 12.3. The summed E-state index contributed by atoms with van der Waals surface area (Å²) in [7, 11) is 2.28. The molecule has 20 heavy (non-hydrogen) atoms. The monoisotopic (exact) mass is 269 g/mol. The lowest BCUT2D eigenvalue weighted by molar-refractivity contribution is 0.0354. The normalized spacial score (nSPS) is 27.8. The highest BCUT2D eigenvalue weighted by Crippen LogP contribution is 2.30. The Labute approximate surface area is 121 Å². The summed E-state index contributed by atoms with van der Waals surface area (Å²) in [4.78, 5) is 5.09. The van der Waals surface area contributed by atoms with E-state index < -0.39 is 0 Å². The highest BCUT2D eigenvalue weighted by atomic mass is 15.2. The lowest BCUT2D eigenvalue weighted by atomic mass is 9.84. The summed E-state index contributed by atoms with van der Waals surface area (Å²) in [5.41, 5.74) is 2.01. The quantitative estimate of drug-likeness (QED) is 0.826. The molecule has 2 atom stereocenters. The van der Waals surface area contributed by atoms with Crippen LogP contribution in [0.25, 0.3) is 0 Å². The first-order valence-electron chi connectivity index (χ1n) is 7.68. The summed E-state index contributed by atoms with van der Waals surface area (Å²) in [5, 5.41) is 9.19. The van der Waals surface area contributed by atoms with Crippen LogP contribution in [0.1, 0.15) is 30.4 Å². The van der Waals surface area contributed by atoms with Gasteiger partial charge in [-0.05, 0) is 56.9 Å². The summed E-state index contributed by atoms with van der Waals surface area (Å²) in [6.45, 7) is 4.54. The molecule has 0 saturated carbocycles. The van der Waals surface area contributed by atoms with Crippen LogP contribution in [0.5, 0.6) is 0 Å². The van der Waals surface area contributed by atoms with E-state index in [1.165, 1.54) is 37.9 Å². The number of benzene rings is 1. The maximum Gasteiger partial charge on any atom is 0.0995 e. The molecule has 106 valence electrons. The second-order valence-corrected chi connectivity index (χ2v) is 6.24. The Kier molecular flexibility index (Phi) is 4.05. The number of likely N-dealkylation sites (tertiary alicyclic amines) is 2. The highest BCUT2D eigenvalue weighted by molar-refractivity contribution is 5.37. The smallest absolute Gasteiger partial charge is 0.0995 e. The zero-order valence-electron chi connectivity index (χ0n) is 12.3. The minimum atomic E-state index is 0.784. The van der Waals surface area contributed by atoms with Crippen molar-refractivity contribution in [2.24, 2.45) is 5.92 Å². The fourth-order valence-corrected chi connectivity index (χ4v) is 3.88. The molecule has 3 heteroatoms. The molecule has 2 heterocycles. The van der Waals surface area contributed by atoms with E-state index in [0.717, 1.165) is 30.6 Å². The van der Waals surface area contributed by atoms with Gasteiger partial charge < -0.3 is 4.90 Å². The minimum absolute atomic E-state index is 0.784. The minimum Gasteiger partial charge on any atom is -0.303 e. The molecule has 0 bridgehead atoms. The van der Waals surface area contributed by atoms with Gasteiger partial charge in [0.2, 0.25) is 0 Å². The lowest BCUT2D eigenvalue weighted by Gasteiger charge is -2.46. The molecule has 0 spiro atoms. The van der Waals surface area contributed by atoms with Crippen LogP contribution in [-0.4, -0.2) is 42.5 Å². The van der Waals surface area contributed by atoms with Crippen LogP contribution in [0, 0.1) is 17.2 Å². The number of fused-ring (bicyclic) bond motifs is 1. The third-order valence-electron chi connectivity index (χ3n) is 4.96. The fourth-order valence-electron chi connectivity index (χ4n) is 3.88. The Bertz CT molecular complexity index is 505. The van der Waals surface area contributed by atoms with Gasteiger partial charge in [0.1, 0.15) is 0 Å². The van der Waals surface area contributed by atoms with Crippen LogP contribution < -0.4 is 0 Å². The van der Waals surface area contributed by atoms with Gasteiger partial charge in [-0.2, -0.15) is 5.26 Å². The Morgan fingerprint density at radius 2 is 2.10 bits per heavy atom. The molecule has 2 saturated heterocycles. The van der Waals surface area contributed by atoms with E-state index in [2.05, 4.69) is 29.0 Å². The van der Waals surface area contributed by atoms with E-state index in [9.17, 15) is 5.26 Å². The molecule has 0 radical (unpaired) electrons. The van der Waals surface area contributed by atoms with E-state index >= 15 is 0 Å². The van der Waals surface area contributed by atoms with E-state index in [4.69, 9.17) is 0 Å². The van der Waals surface area contributed by atoms with Crippen LogP contribution in [0.2, 0.25) is 0 Å². The first-order valence-corrected chi connectivity index (χ1v) is 7.68. The van der Waals surface area contributed by atoms with Gasteiger partial charge in [0.15, 0.2) is 0 Å². The molecule has 0 aromatic heterocycles. The topological polar surface area (TPSA) is 30.3 Å². The molecular weight excluding hydrogens is 246 g/mol. The highest BCUT2D eigenvalue weighted by Gasteiger charge is 2.34. The van der Waals surface area contributed by atoms with Gasteiger partial charge in [0.25, 0.3) is 0 Å². The second kappa shape index (κ2) is 5.95. The number of nitrogens with zero attached hydrogens (tertiary/aromatic N) is 3. The third kappa shape index (κ3) is 2.72. The van der Waals surface area contributed by atoms with E-state index in [0.29, 0.717) is 0 Å². The largest absolute Gasteiger partial charge is 0.303 e. The average Bonchev–Trinajstić information content (AvgIpc) is 2.48. The van der Waals surface area contributed by atoms with Crippen molar-refractivity contribution in [3.05, 3.63) is 35.4 Å². The van der Waals surface area contributed by atoms with Crippen molar-refractivity contribution in [3.8, 4) is 6.07 Å². The van der Waals surface area contributed by atoms with Crippen LogP contribution in [-0.2, 0) is 6.54 Å². The molecule has 3 rings (SSSR count). The first kappa shape index (κ1) is 13.6. The first-order chi connectivity index (χ1) is 9.78. The van der Waals surface area contributed by atoms with Crippen molar-refractivity contribution in [2.75, 3.05) is 26.7 Å². The standard InChI is InChI=1S/C17H23N3/c1-19-9-4-7-16-13-20(10-8-17(16)19)12-15-6-3-2-5-14(15)11-18/h2-3,5-6,16-17H,4,7-10,12-13H2,1H3. The van der Waals surface area contributed by atoms with Gasteiger partial charge in [0.05, 0.1) is 11.6 Å². The molecule has 3 nitrogen and oxygen atoms in total. The van der Waals surface area contributed by atoms with Crippen LogP contribution in [0.15, 0.2) is 24.3 Å². The van der Waals surface area contributed by atoms with Crippen molar-refractivity contribution in [1.82, 2.24) is 9.80 Å². The molecular formula is C17H23N3. The van der Waals surface area contributed by atoms with Gasteiger partial charge >= 0.3 is 0 Å². The third-order valence-corrected chi connectivity index (χ3v) is 4.96. The maximum absolute atomic E-state index is 9.19. The summed E-state index contributed by atoms with van der Waals surface area (Å²) in [6.07, 6.45) is 3.97. The number of rotatable bonds is 2. The van der Waals surface area contributed by atoms with Gasteiger partial charge in [0, 0.05) is 19.1 Å². The Hall–Kier alpha value is -1.37. The Morgan fingerprint density at radius 1 is 1.25 bits per heavy atom. The van der Waals surface area contributed by atoms with Crippen molar-refractivity contribution in [2.45, 2.75) is 31.8 Å². The van der Waals surface area contributed by atoms with Crippen LogP contribution in [0.3, 0.4) is 0 Å². The van der Waals surface area contributed by atoms with Crippen molar-refractivity contribution in [1.29, 1.82) is 5.26 Å². The van der Waals surface area contributed by atoms with Crippen LogP contribution in [0.4, 0.5) is 0 Å². The van der Waals surface area contributed by atoms with E-state index in [1.54, 1.807) is 0 Å². The Balaban J connectivity index is 1.67. The van der Waals surface area contributed by atoms with Crippen molar-refractivity contribution < 1.29 is 0 Å². The number of hydrogen-bond acceptors (Lipinski definition) is 3. The SMILES string of the molecule is CN1CCCC2CN(Cc3ccccc3C#N)CCC21. The van der Waals surface area contributed by atoms with Gasteiger partial charge in [-0.3, -0.25) is 4.90 Å². The van der Waals surface area contributed by atoms with Gasteiger partial charge in [-0.25, -0.2) is 0 Å². The number of nitriles is 1. The van der Waals surface area contributed by atoms with Gasteiger partial charge in [-0.1, -0.05) is 18.2 Å². The summed E-state index contributed by atoms with van der Waals surface area (Å²) >= 11 is 0. The van der Waals surface area contributed by atoms with E-state index in [1.807, 2.05) is 18.2 Å². The zero-order chi connectivity index (χ0) is 13.9. The molecule has 0 aliphatic carbocycles.